The molecule has 4 rings (SSSR count). The van der Waals surface area contributed by atoms with Gasteiger partial charge in [0, 0.05) is 30.5 Å². The highest BCUT2D eigenvalue weighted by molar-refractivity contribution is 7.92. The summed E-state index contributed by atoms with van der Waals surface area (Å²) in [7, 11) is -0.157. The summed E-state index contributed by atoms with van der Waals surface area (Å²) in [6, 6.07) is 12.4. The molecule has 2 aromatic carbocycles. The first-order valence-corrected chi connectivity index (χ1v) is 13.1. The summed E-state index contributed by atoms with van der Waals surface area (Å²) in [5.41, 5.74) is 1.95. The normalized spacial score (nSPS) is 15.0. The number of anilines is 1. The lowest BCUT2D eigenvalue weighted by atomic mass is 10.1. The van der Waals surface area contributed by atoms with Gasteiger partial charge in [-0.25, -0.2) is 13.4 Å². The van der Waals surface area contributed by atoms with E-state index in [9.17, 15) is 8.42 Å². The van der Waals surface area contributed by atoms with Crippen LogP contribution >= 0.6 is 22.9 Å². The second-order valence-corrected chi connectivity index (χ2v) is 11.1. The van der Waals surface area contributed by atoms with E-state index in [1.807, 2.05) is 23.6 Å². The molecule has 0 radical (unpaired) electrons. The minimum atomic E-state index is -3.45. The summed E-state index contributed by atoms with van der Waals surface area (Å²) < 4.78 is 36.9. The third-order valence-electron chi connectivity index (χ3n) is 5.69. The third kappa shape index (κ3) is 4.72. The lowest BCUT2D eigenvalue weighted by Gasteiger charge is -2.31. The molecule has 0 spiro atoms. The molecule has 170 valence electrons. The zero-order chi connectivity index (χ0) is 22.7. The summed E-state index contributed by atoms with van der Waals surface area (Å²) in [4.78, 5) is 7.19. The number of nitrogens with zero attached hydrogens (tertiary/aromatic N) is 2. The predicted molar refractivity (Wildman–Crippen MR) is 128 cm³/mol. The van der Waals surface area contributed by atoms with Crippen LogP contribution in [0, 0.1) is 0 Å². The van der Waals surface area contributed by atoms with Gasteiger partial charge in [-0.3, -0.25) is 0 Å². The highest BCUT2D eigenvalue weighted by Crippen LogP contribution is 2.33. The Kier molecular flexibility index (Phi) is 6.93. The number of benzene rings is 2. The van der Waals surface area contributed by atoms with Crippen LogP contribution in [-0.4, -0.2) is 46.0 Å². The Hall–Kier alpha value is -2.29. The first kappa shape index (κ1) is 22.9. The second kappa shape index (κ2) is 9.68. The van der Waals surface area contributed by atoms with Gasteiger partial charge in [-0.15, -0.1) is 11.3 Å². The Balaban J connectivity index is 1.43. The Morgan fingerprint density at radius 2 is 1.88 bits per heavy atom. The fraction of sp³-hybridized carbons (Fsp3) is 0.348. The van der Waals surface area contributed by atoms with Crippen LogP contribution < -0.4 is 14.4 Å². The van der Waals surface area contributed by atoms with E-state index >= 15 is 0 Å². The van der Waals surface area contributed by atoms with Crippen LogP contribution in [0.2, 0.25) is 5.02 Å². The molecule has 0 unspecified atom stereocenters. The molecule has 1 aromatic heterocycles. The Labute approximate surface area is 197 Å². The number of sulfone groups is 1. The maximum absolute atomic E-state index is 13.0. The van der Waals surface area contributed by atoms with Crippen LogP contribution in [-0.2, 0) is 16.3 Å². The minimum absolute atomic E-state index is 0.226. The molecule has 32 heavy (non-hydrogen) atoms. The standard InChI is InChI=1S/C23H25ClN2O4S2/c1-29-18-7-8-21(30-2)16(14-18)13-17-15-31-23(25-17)26-11-9-19(10-12-26)32(27,28)22-6-4-3-5-20(22)24/h3-8,14-15,19H,9-13H2,1-2H3. The molecule has 0 bridgehead atoms. The summed E-state index contributed by atoms with van der Waals surface area (Å²) >= 11 is 7.73. The van der Waals surface area contributed by atoms with Crippen LogP contribution in [0.3, 0.4) is 0 Å². The van der Waals surface area contributed by atoms with Crippen molar-refractivity contribution < 1.29 is 17.9 Å². The van der Waals surface area contributed by atoms with Crippen molar-refractivity contribution in [1.82, 2.24) is 4.98 Å². The van der Waals surface area contributed by atoms with Gasteiger partial charge in [-0.1, -0.05) is 23.7 Å². The van der Waals surface area contributed by atoms with Gasteiger partial charge in [-0.2, -0.15) is 0 Å². The van der Waals surface area contributed by atoms with E-state index in [1.165, 1.54) is 0 Å². The molecule has 0 amide bonds. The fourth-order valence-electron chi connectivity index (χ4n) is 3.95. The summed E-state index contributed by atoms with van der Waals surface area (Å²) in [6.07, 6.45) is 1.73. The average molecular weight is 493 g/mol. The lowest BCUT2D eigenvalue weighted by molar-refractivity contribution is 0.399. The molecule has 0 N–H and O–H groups in total. The largest absolute Gasteiger partial charge is 0.497 e. The molecule has 9 heteroatoms. The lowest BCUT2D eigenvalue weighted by Crippen LogP contribution is -2.39. The summed E-state index contributed by atoms with van der Waals surface area (Å²) in [5, 5.41) is 2.81. The fourth-order valence-corrected chi connectivity index (χ4v) is 7.09. The van der Waals surface area contributed by atoms with Crippen molar-refractivity contribution in [1.29, 1.82) is 0 Å². The minimum Gasteiger partial charge on any atom is -0.497 e. The van der Waals surface area contributed by atoms with Gasteiger partial charge in [0.1, 0.15) is 11.5 Å². The summed E-state index contributed by atoms with van der Waals surface area (Å²) in [6.45, 7) is 1.29. The highest BCUT2D eigenvalue weighted by atomic mass is 35.5. The van der Waals surface area contributed by atoms with Crippen LogP contribution in [0.15, 0.2) is 52.7 Å². The Morgan fingerprint density at radius 3 is 2.56 bits per heavy atom. The topological polar surface area (TPSA) is 68.7 Å². The number of thiazole rings is 1. The highest BCUT2D eigenvalue weighted by Gasteiger charge is 2.33. The number of hydrogen-bond donors (Lipinski definition) is 0. The van der Waals surface area contributed by atoms with Gasteiger partial charge < -0.3 is 14.4 Å². The monoisotopic (exact) mass is 492 g/mol. The van der Waals surface area contributed by atoms with E-state index in [4.69, 9.17) is 26.1 Å². The van der Waals surface area contributed by atoms with Crippen molar-refractivity contribution in [2.75, 3.05) is 32.2 Å². The van der Waals surface area contributed by atoms with Crippen LogP contribution in [0.25, 0.3) is 0 Å². The van der Waals surface area contributed by atoms with E-state index in [0.717, 1.165) is 27.9 Å². The molecule has 3 aromatic rings. The Morgan fingerprint density at radius 1 is 1.12 bits per heavy atom. The quantitative estimate of drug-likeness (QED) is 0.469. The van der Waals surface area contributed by atoms with Gasteiger partial charge >= 0.3 is 0 Å². The van der Waals surface area contributed by atoms with Crippen molar-refractivity contribution in [2.24, 2.45) is 0 Å². The summed E-state index contributed by atoms with van der Waals surface area (Å²) in [5.74, 6) is 1.57. The van der Waals surface area contributed by atoms with Gasteiger partial charge in [0.2, 0.25) is 0 Å². The van der Waals surface area contributed by atoms with Crippen molar-refractivity contribution in [3.05, 3.63) is 64.1 Å². The maximum atomic E-state index is 13.0. The SMILES string of the molecule is COc1ccc(OC)c(Cc2csc(N3CCC(S(=O)(=O)c4ccccc4Cl)CC3)n2)c1. The van der Waals surface area contributed by atoms with Crippen molar-refractivity contribution in [3.8, 4) is 11.5 Å². The van der Waals surface area contributed by atoms with E-state index < -0.39 is 15.1 Å². The van der Waals surface area contributed by atoms with Crippen LogP contribution in [0.1, 0.15) is 24.1 Å². The number of methoxy groups -OCH3 is 2. The smallest absolute Gasteiger partial charge is 0.185 e. The molecule has 0 saturated carbocycles. The van der Waals surface area contributed by atoms with Gasteiger partial charge in [0.15, 0.2) is 15.0 Å². The first-order chi connectivity index (χ1) is 15.4. The molecular weight excluding hydrogens is 468 g/mol. The molecule has 0 atom stereocenters. The van der Waals surface area contributed by atoms with Crippen molar-refractivity contribution in [3.63, 3.8) is 0 Å². The van der Waals surface area contributed by atoms with E-state index in [2.05, 4.69) is 4.90 Å². The molecule has 1 fully saturated rings. The Bertz CT molecular complexity index is 1190. The molecule has 1 saturated heterocycles. The molecule has 1 aliphatic rings. The van der Waals surface area contributed by atoms with Crippen LogP contribution in [0.4, 0.5) is 5.13 Å². The van der Waals surface area contributed by atoms with Gasteiger partial charge in [0.25, 0.3) is 0 Å². The zero-order valence-corrected chi connectivity index (χ0v) is 20.3. The first-order valence-electron chi connectivity index (χ1n) is 10.3. The second-order valence-electron chi connectivity index (χ2n) is 7.64. The number of ether oxygens (including phenoxy) is 2. The van der Waals surface area contributed by atoms with E-state index in [-0.39, 0.29) is 9.92 Å². The van der Waals surface area contributed by atoms with Gasteiger partial charge in [0.05, 0.1) is 35.1 Å². The molecule has 2 heterocycles. The number of hydrogen-bond acceptors (Lipinski definition) is 7. The number of rotatable bonds is 7. The molecule has 6 nitrogen and oxygen atoms in total. The van der Waals surface area contributed by atoms with Crippen molar-refractivity contribution in [2.45, 2.75) is 29.4 Å². The zero-order valence-electron chi connectivity index (χ0n) is 18.0. The van der Waals surface area contributed by atoms with Crippen molar-refractivity contribution >= 4 is 37.9 Å². The van der Waals surface area contributed by atoms with Gasteiger partial charge in [-0.05, 0) is 43.2 Å². The third-order valence-corrected chi connectivity index (χ3v) is 9.40. The molecular formula is C23H25ClN2O4S2. The number of piperidine rings is 1. The molecule has 1 aliphatic heterocycles. The predicted octanol–water partition coefficient (Wildman–Crippen LogP) is 4.85. The molecule has 0 aliphatic carbocycles. The number of halogens is 1. The van der Waals surface area contributed by atoms with Crippen LogP contribution in [0.5, 0.6) is 11.5 Å². The van der Waals surface area contributed by atoms with E-state index in [1.54, 1.807) is 49.8 Å². The van der Waals surface area contributed by atoms with E-state index in [0.29, 0.717) is 32.4 Å². The maximum Gasteiger partial charge on any atom is 0.185 e. The average Bonchev–Trinajstić information content (AvgIpc) is 3.27. The number of aromatic nitrogens is 1.